The molecule has 1 aromatic heterocycles. The molecule has 0 aliphatic carbocycles. The number of aliphatic hydroxyl groups is 1. The first-order valence-electron chi connectivity index (χ1n) is 5.65. The number of aliphatic carboxylic acids is 1. The van der Waals surface area contributed by atoms with E-state index in [-0.39, 0.29) is 13.0 Å². The predicted octanol–water partition coefficient (Wildman–Crippen LogP) is 1.44. The summed E-state index contributed by atoms with van der Waals surface area (Å²) in [5.74, 6) is -0.782. The summed E-state index contributed by atoms with van der Waals surface area (Å²) >= 11 is 0. The van der Waals surface area contributed by atoms with Crippen LogP contribution in [0.3, 0.4) is 0 Å². The highest BCUT2D eigenvalue weighted by Crippen LogP contribution is 2.11. The third-order valence-corrected chi connectivity index (χ3v) is 2.66. The average molecular weight is 239 g/mol. The average Bonchev–Trinajstić information content (AvgIpc) is 2.70. The number of unbranched alkanes of at least 4 members (excludes halogenated alkanes) is 2. The molecule has 0 amide bonds. The van der Waals surface area contributed by atoms with E-state index in [1.807, 2.05) is 0 Å². The van der Waals surface area contributed by atoms with E-state index in [1.165, 1.54) is 0 Å². The maximum atomic E-state index is 10.8. The van der Waals surface area contributed by atoms with Crippen molar-refractivity contribution in [3.63, 3.8) is 0 Å². The number of rotatable bonds is 8. The first kappa shape index (κ1) is 13.4. The van der Waals surface area contributed by atoms with Crippen molar-refractivity contribution in [2.45, 2.75) is 38.8 Å². The van der Waals surface area contributed by atoms with Gasteiger partial charge in [0.05, 0.1) is 12.3 Å². The number of aldehydes is 1. The third kappa shape index (κ3) is 4.03. The molecule has 0 spiro atoms. The second-order valence-electron chi connectivity index (χ2n) is 3.88. The summed E-state index contributed by atoms with van der Waals surface area (Å²) in [5.41, 5.74) is 1.26. The van der Waals surface area contributed by atoms with Crippen molar-refractivity contribution in [2.75, 3.05) is 0 Å². The number of carboxylic acid groups (broad SMARTS) is 1. The van der Waals surface area contributed by atoms with Gasteiger partial charge in [0.1, 0.15) is 0 Å². The standard InChI is InChI=1S/C12H17NO4/c14-8-10-5-6-11(9-15)13(10)7-3-1-2-4-12(16)17/h5-6,8,15H,1-4,7,9H2,(H,16,17). The molecule has 17 heavy (non-hydrogen) atoms. The zero-order valence-electron chi connectivity index (χ0n) is 9.63. The minimum Gasteiger partial charge on any atom is -0.481 e. The Morgan fingerprint density at radius 2 is 2.06 bits per heavy atom. The van der Waals surface area contributed by atoms with Crippen molar-refractivity contribution in [3.05, 3.63) is 23.5 Å². The Hall–Kier alpha value is -1.62. The van der Waals surface area contributed by atoms with Gasteiger partial charge in [-0.2, -0.15) is 0 Å². The van der Waals surface area contributed by atoms with Crippen molar-refractivity contribution in [1.82, 2.24) is 4.57 Å². The van der Waals surface area contributed by atoms with E-state index < -0.39 is 5.97 Å². The van der Waals surface area contributed by atoms with E-state index in [0.717, 1.165) is 19.1 Å². The van der Waals surface area contributed by atoms with Crippen LogP contribution < -0.4 is 0 Å². The number of carboxylic acids is 1. The van der Waals surface area contributed by atoms with Gasteiger partial charge in [-0.25, -0.2) is 0 Å². The molecular weight excluding hydrogens is 222 g/mol. The first-order chi connectivity index (χ1) is 8.19. The van der Waals surface area contributed by atoms with Crippen LogP contribution in [0.4, 0.5) is 0 Å². The summed E-state index contributed by atoms with van der Waals surface area (Å²) in [7, 11) is 0. The Bertz CT molecular complexity index is 384. The monoisotopic (exact) mass is 239 g/mol. The number of carbonyl (C=O) groups is 2. The lowest BCUT2D eigenvalue weighted by atomic mass is 10.2. The molecule has 5 nitrogen and oxygen atoms in total. The van der Waals surface area contributed by atoms with Crippen molar-refractivity contribution in [1.29, 1.82) is 0 Å². The molecule has 0 saturated carbocycles. The van der Waals surface area contributed by atoms with Crippen LogP contribution in [0.1, 0.15) is 41.9 Å². The van der Waals surface area contributed by atoms with Crippen LogP contribution in [0.5, 0.6) is 0 Å². The Balaban J connectivity index is 2.42. The number of hydrogen-bond acceptors (Lipinski definition) is 3. The molecule has 0 radical (unpaired) electrons. The number of aliphatic hydroxyl groups excluding tert-OH is 1. The second-order valence-corrected chi connectivity index (χ2v) is 3.88. The summed E-state index contributed by atoms with van der Waals surface area (Å²) in [4.78, 5) is 21.1. The van der Waals surface area contributed by atoms with E-state index in [2.05, 4.69) is 0 Å². The fraction of sp³-hybridized carbons (Fsp3) is 0.500. The van der Waals surface area contributed by atoms with Crippen LogP contribution in [-0.4, -0.2) is 27.0 Å². The Morgan fingerprint density at radius 1 is 1.29 bits per heavy atom. The molecular formula is C12H17NO4. The van der Waals surface area contributed by atoms with Crippen LogP contribution in [0.15, 0.2) is 12.1 Å². The molecule has 0 bridgehead atoms. The lowest BCUT2D eigenvalue weighted by Crippen LogP contribution is -2.07. The summed E-state index contributed by atoms with van der Waals surface area (Å²) in [6.07, 6.45) is 3.18. The van der Waals surface area contributed by atoms with Gasteiger partial charge >= 0.3 is 5.97 Å². The molecule has 5 heteroatoms. The van der Waals surface area contributed by atoms with E-state index in [9.17, 15) is 9.59 Å². The number of aromatic nitrogens is 1. The molecule has 0 atom stereocenters. The van der Waals surface area contributed by atoms with E-state index in [4.69, 9.17) is 10.2 Å². The van der Waals surface area contributed by atoms with E-state index in [0.29, 0.717) is 24.4 Å². The van der Waals surface area contributed by atoms with E-state index >= 15 is 0 Å². The zero-order chi connectivity index (χ0) is 12.7. The number of nitrogens with zero attached hydrogens (tertiary/aromatic N) is 1. The van der Waals surface area contributed by atoms with Gasteiger partial charge in [-0.3, -0.25) is 9.59 Å². The summed E-state index contributed by atoms with van der Waals surface area (Å²) < 4.78 is 1.77. The maximum absolute atomic E-state index is 10.8. The highest BCUT2D eigenvalue weighted by Gasteiger charge is 2.06. The number of carbonyl (C=O) groups excluding carboxylic acids is 1. The van der Waals surface area contributed by atoms with Crippen molar-refractivity contribution in [3.8, 4) is 0 Å². The van der Waals surface area contributed by atoms with Crippen LogP contribution in [0.25, 0.3) is 0 Å². The second kappa shape index (κ2) is 6.85. The molecule has 94 valence electrons. The van der Waals surface area contributed by atoms with Gasteiger partial charge in [0.2, 0.25) is 0 Å². The molecule has 2 N–H and O–H groups in total. The molecule has 0 aromatic carbocycles. The molecule has 1 aromatic rings. The molecule has 0 saturated heterocycles. The lowest BCUT2D eigenvalue weighted by Gasteiger charge is -2.09. The summed E-state index contributed by atoms with van der Waals surface area (Å²) in [6, 6.07) is 3.40. The molecule has 1 rings (SSSR count). The predicted molar refractivity (Wildman–Crippen MR) is 61.8 cm³/mol. The van der Waals surface area contributed by atoms with Gasteiger partial charge in [-0.05, 0) is 25.0 Å². The molecule has 0 aliphatic heterocycles. The van der Waals surface area contributed by atoms with Crippen molar-refractivity contribution in [2.24, 2.45) is 0 Å². The van der Waals surface area contributed by atoms with Gasteiger partial charge in [0, 0.05) is 18.7 Å². The quantitative estimate of drug-likeness (QED) is 0.531. The zero-order valence-corrected chi connectivity index (χ0v) is 9.63. The Labute approximate surface area is 99.7 Å². The maximum Gasteiger partial charge on any atom is 0.303 e. The van der Waals surface area contributed by atoms with Crippen LogP contribution >= 0.6 is 0 Å². The van der Waals surface area contributed by atoms with Gasteiger partial charge in [0.25, 0.3) is 0 Å². The largest absolute Gasteiger partial charge is 0.481 e. The molecule has 0 aliphatic rings. The summed E-state index contributed by atoms with van der Waals surface area (Å²) in [5, 5.41) is 17.6. The van der Waals surface area contributed by atoms with Crippen molar-refractivity contribution >= 4 is 12.3 Å². The first-order valence-corrected chi connectivity index (χ1v) is 5.65. The summed E-state index contributed by atoms with van der Waals surface area (Å²) in [6.45, 7) is 0.541. The smallest absolute Gasteiger partial charge is 0.303 e. The molecule has 0 unspecified atom stereocenters. The van der Waals surface area contributed by atoms with Gasteiger partial charge in [-0.15, -0.1) is 0 Å². The van der Waals surface area contributed by atoms with Crippen LogP contribution in [0, 0.1) is 0 Å². The molecule has 0 fully saturated rings. The SMILES string of the molecule is O=Cc1ccc(CO)n1CCCCCC(=O)O. The Morgan fingerprint density at radius 3 is 2.65 bits per heavy atom. The van der Waals surface area contributed by atoms with E-state index in [1.54, 1.807) is 16.7 Å². The van der Waals surface area contributed by atoms with Crippen molar-refractivity contribution < 1.29 is 19.8 Å². The highest BCUT2D eigenvalue weighted by molar-refractivity contribution is 5.72. The normalized spacial score (nSPS) is 10.4. The van der Waals surface area contributed by atoms with Crippen LogP contribution in [0.2, 0.25) is 0 Å². The lowest BCUT2D eigenvalue weighted by molar-refractivity contribution is -0.137. The number of hydrogen-bond donors (Lipinski definition) is 2. The highest BCUT2D eigenvalue weighted by atomic mass is 16.4. The van der Waals surface area contributed by atoms with Gasteiger partial charge in [0.15, 0.2) is 6.29 Å². The fourth-order valence-electron chi connectivity index (χ4n) is 1.76. The minimum atomic E-state index is -0.782. The van der Waals surface area contributed by atoms with Gasteiger partial charge < -0.3 is 14.8 Å². The fourth-order valence-corrected chi connectivity index (χ4v) is 1.76. The van der Waals surface area contributed by atoms with Crippen LogP contribution in [-0.2, 0) is 17.9 Å². The third-order valence-electron chi connectivity index (χ3n) is 2.66. The Kier molecular flexibility index (Phi) is 5.42. The molecule has 1 heterocycles. The minimum absolute atomic E-state index is 0.0943. The van der Waals surface area contributed by atoms with Gasteiger partial charge in [-0.1, -0.05) is 6.42 Å². The topological polar surface area (TPSA) is 79.5 Å².